The summed E-state index contributed by atoms with van der Waals surface area (Å²) < 4.78 is 14.9. The quantitative estimate of drug-likeness (QED) is 0.406. The van der Waals surface area contributed by atoms with Crippen molar-refractivity contribution in [3.63, 3.8) is 0 Å². The van der Waals surface area contributed by atoms with E-state index in [0.717, 1.165) is 22.1 Å². The molecule has 0 N–H and O–H groups in total. The summed E-state index contributed by atoms with van der Waals surface area (Å²) in [7, 11) is 0. The Morgan fingerprint density at radius 3 is 2.68 bits per heavy atom. The molecule has 2 aromatic heterocycles. The van der Waals surface area contributed by atoms with Crippen LogP contribution in [0.2, 0.25) is 0 Å². The number of para-hydroxylation sites is 1. The first kappa shape index (κ1) is 15.8. The van der Waals surface area contributed by atoms with Crippen LogP contribution in [-0.4, -0.2) is 26.1 Å². The topological polar surface area (TPSA) is 47.3 Å². The maximum absolute atomic E-state index is 13.0. The number of halogens is 1. The molecule has 2 heterocycles. The average molecular weight is 351 g/mol. The molecule has 0 bridgehead atoms. The molecule has 0 amide bonds. The summed E-state index contributed by atoms with van der Waals surface area (Å²) in [5.41, 5.74) is 3.39. The molecular formula is C19H14FN3OS. The highest BCUT2D eigenvalue weighted by Gasteiger charge is 2.14. The molecule has 0 spiro atoms. The van der Waals surface area contributed by atoms with Gasteiger partial charge in [0.1, 0.15) is 5.82 Å². The first-order valence-corrected chi connectivity index (χ1v) is 8.77. The fourth-order valence-electron chi connectivity index (χ4n) is 2.82. The lowest BCUT2D eigenvalue weighted by atomic mass is 10.1. The van der Waals surface area contributed by atoms with Crippen LogP contribution in [0.5, 0.6) is 0 Å². The van der Waals surface area contributed by atoms with Crippen LogP contribution in [0.15, 0.2) is 59.8 Å². The number of carbonyl (C=O) groups excluding carboxylic acids is 1. The Morgan fingerprint density at radius 1 is 1.12 bits per heavy atom. The molecule has 0 atom stereocenters. The molecule has 124 valence electrons. The molecule has 0 unspecified atom stereocenters. The predicted octanol–water partition coefficient (Wildman–Crippen LogP) is 4.31. The SMILES string of the molecule is Cc1cc2nnc(SCC(=O)c3ccc(F)cc3)n2c2ccccc12. The van der Waals surface area contributed by atoms with Gasteiger partial charge in [-0.2, -0.15) is 0 Å². The minimum Gasteiger partial charge on any atom is -0.293 e. The normalized spacial score (nSPS) is 11.3. The van der Waals surface area contributed by atoms with E-state index in [1.54, 1.807) is 0 Å². The Kier molecular flexibility index (Phi) is 3.97. The van der Waals surface area contributed by atoms with Gasteiger partial charge in [0.2, 0.25) is 0 Å². The van der Waals surface area contributed by atoms with Gasteiger partial charge in [-0.25, -0.2) is 4.39 Å². The smallest absolute Gasteiger partial charge is 0.196 e. The van der Waals surface area contributed by atoms with E-state index in [2.05, 4.69) is 16.3 Å². The van der Waals surface area contributed by atoms with E-state index >= 15 is 0 Å². The molecule has 0 saturated heterocycles. The second-order valence-corrected chi connectivity index (χ2v) is 6.68. The third-order valence-corrected chi connectivity index (χ3v) is 5.00. The number of ketones is 1. The summed E-state index contributed by atoms with van der Waals surface area (Å²) in [6.07, 6.45) is 0. The largest absolute Gasteiger partial charge is 0.293 e. The first-order chi connectivity index (χ1) is 12.1. The third-order valence-electron chi connectivity index (χ3n) is 4.07. The summed E-state index contributed by atoms with van der Waals surface area (Å²) >= 11 is 1.33. The highest BCUT2D eigenvalue weighted by molar-refractivity contribution is 7.99. The van der Waals surface area contributed by atoms with Gasteiger partial charge >= 0.3 is 0 Å². The van der Waals surface area contributed by atoms with Crippen LogP contribution >= 0.6 is 11.8 Å². The summed E-state index contributed by atoms with van der Waals surface area (Å²) in [6.45, 7) is 2.04. The van der Waals surface area contributed by atoms with Crippen molar-refractivity contribution < 1.29 is 9.18 Å². The van der Waals surface area contributed by atoms with Crippen molar-refractivity contribution in [1.82, 2.24) is 14.6 Å². The van der Waals surface area contributed by atoms with Gasteiger partial charge in [-0.15, -0.1) is 10.2 Å². The van der Waals surface area contributed by atoms with E-state index in [1.165, 1.54) is 36.0 Å². The molecule has 4 nitrogen and oxygen atoms in total. The molecule has 6 heteroatoms. The minimum absolute atomic E-state index is 0.0711. The van der Waals surface area contributed by atoms with Gasteiger partial charge in [0.15, 0.2) is 16.6 Å². The van der Waals surface area contributed by atoms with Crippen LogP contribution in [0.4, 0.5) is 4.39 Å². The number of pyridine rings is 1. The Labute approximate surface area is 147 Å². The van der Waals surface area contributed by atoms with Crippen molar-refractivity contribution in [1.29, 1.82) is 0 Å². The molecule has 2 aromatic carbocycles. The number of aromatic nitrogens is 3. The van der Waals surface area contributed by atoms with Crippen molar-refractivity contribution in [2.24, 2.45) is 0 Å². The zero-order chi connectivity index (χ0) is 17.4. The van der Waals surface area contributed by atoms with Gasteiger partial charge in [0.05, 0.1) is 11.3 Å². The standard InChI is InChI=1S/C19H14FN3OS/c1-12-10-18-21-22-19(23(18)16-5-3-2-4-15(12)16)25-11-17(24)13-6-8-14(20)9-7-13/h2-10H,11H2,1H3. The lowest BCUT2D eigenvalue weighted by molar-refractivity contribution is 0.102. The zero-order valence-electron chi connectivity index (χ0n) is 13.4. The van der Waals surface area contributed by atoms with Gasteiger partial charge in [-0.05, 0) is 48.9 Å². The summed E-state index contributed by atoms with van der Waals surface area (Å²) in [5.74, 6) is -0.207. The van der Waals surface area contributed by atoms with Crippen LogP contribution in [-0.2, 0) is 0 Å². The fourth-order valence-corrected chi connectivity index (χ4v) is 3.66. The van der Waals surface area contributed by atoms with Crippen LogP contribution in [0.1, 0.15) is 15.9 Å². The molecule has 0 aliphatic rings. The average Bonchev–Trinajstić information content (AvgIpc) is 3.03. The van der Waals surface area contributed by atoms with Crippen LogP contribution in [0.25, 0.3) is 16.6 Å². The van der Waals surface area contributed by atoms with Crippen LogP contribution in [0, 0.1) is 12.7 Å². The zero-order valence-corrected chi connectivity index (χ0v) is 14.3. The van der Waals surface area contributed by atoms with Crippen molar-refractivity contribution in [2.75, 3.05) is 5.75 Å². The Bertz CT molecular complexity index is 1090. The number of hydrogen-bond donors (Lipinski definition) is 0. The number of nitrogens with zero attached hydrogens (tertiary/aromatic N) is 3. The molecule has 0 radical (unpaired) electrons. The maximum atomic E-state index is 13.0. The summed E-state index contributed by atoms with van der Waals surface area (Å²) in [5, 5.41) is 10.2. The Balaban J connectivity index is 1.67. The van der Waals surface area contributed by atoms with Gasteiger partial charge in [0.25, 0.3) is 0 Å². The second-order valence-electron chi connectivity index (χ2n) is 5.74. The van der Waals surface area contributed by atoms with E-state index in [-0.39, 0.29) is 17.4 Å². The van der Waals surface area contributed by atoms with Crippen molar-refractivity contribution in [2.45, 2.75) is 12.1 Å². The molecule has 0 aliphatic heterocycles. The maximum Gasteiger partial charge on any atom is 0.196 e. The Morgan fingerprint density at radius 2 is 1.88 bits per heavy atom. The van der Waals surface area contributed by atoms with E-state index in [1.807, 2.05) is 35.6 Å². The van der Waals surface area contributed by atoms with Gasteiger partial charge in [0, 0.05) is 10.9 Å². The van der Waals surface area contributed by atoms with E-state index in [9.17, 15) is 9.18 Å². The van der Waals surface area contributed by atoms with Gasteiger partial charge in [-0.3, -0.25) is 9.20 Å². The molecule has 0 aliphatic carbocycles. The first-order valence-electron chi connectivity index (χ1n) is 7.78. The predicted molar refractivity (Wildman–Crippen MR) is 96.7 cm³/mol. The van der Waals surface area contributed by atoms with Crippen molar-refractivity contribution >= 4 is 34.1 Å². The van der Waals surface area contributed by atoms with E-state index in [0.29, 0.717) is 10.7 Å². The summed E-state index contributed by atoms with van der Waals surface area (Å²) in [4.78, 5) is 12.3. The third kappa shape index (κ3) is 2.89. The molecule has 0 saturated carbocycles. The van der Waals surface area contributed by atoms with Crippen LogP contribution < -0.4 is 0 Å². The van der Waals surface area contributed by atoms with Crippen molar-refractivity contribution in [3.05, 3.63) is 71.5 Å². The number of aryl methyl sites for hydroxylation is 1. The van der Waals surface area contributed by atoms with Gasteiger partial charge in [-0.1, -0.05) is 30.0 Å². The van der Waals surface area contributed by atoms with E-state index in [4.69, 9.17) is 0 Å². The number of carbonyl (C=O) groups is 1. The minimum atomic E-state index is -0.352. The molecule has 0 fully saturated rings. The Hall–Kier alpha value is -2.73. The number of Topliss-reactive ketones (excluding diaryl/α,β-unsaturated/α-hetero) is 1. The number of benzene rings is 2. The number of rotatable bonds is 4. The van der Waals surface area contributed by atoms with E-state index < -0.39 is 0 Å². The monoisotopic (exact) mass is 351 g/mol. The molecular weight excluding hydrogens is 337 g/mol. The molecule has 4 aromatic rings. The molecule has 25 heavy (non-hydrogen) atoms. The van der Waals surface area contributed by atoms with Gasteiger partial charge < -0.3 is 0 Å². The molecule has 4 rings (SSSR count). The lowest BCUT2D eigenvalue weighted by Gasteiger charge is -2.07. The highest BCUT2D eigenvalue weighted by Crippen LogP contribution is 2.26. The lowest BCUT2D eigenvalue weighted by Crippen LogP contribution is -2.03. The highest BCUT2D eigenvalue weighted by atomic mass is 32.2. The number of hydrogen-bond acceptors (Lipinski definition) is 4. The number of thioether (sulfide) groups is 1. The number of fused-ring (bicyclic) bond motifs is 3. The fraction of sp³-hybridized carbons (Fsp3) is 0.105. The van der Waals surface area contributed by atoms with Crippen LogP contribution in [0.3, 0.4) is 0 Å². The summed E-state index contributed by atoms with van der Waals surface area (Å²) in [6, 6.07) is 15.6. The second kappa shape index (κ2) is 6.29. The van der Waals surface area contributed by atoms with Crippen molar-refractivity contribution in [3.8, 4) is 0 Å².